The molecule has 25 heavy (non-hydrogen) atoms. The molecule has 0 atom stereocenters. The van der Waals surface area contributed by atoms with E-state index in [0.29, 0.717) is 36.3 Å². The Balaban J connectivity index is 1.99. The van der Waals surface area contributed by atoms with Crippen LogP contribution in [0.1, 0.15) is 23.6 Å². The Bertz CT molecular complexity index is 683. The van der Waals surface area contributed by atoms with Gasteiger partial charge in [-0.1, -0.05) is 17.7 Å². The van der Waals surface area contributed by atoms with Crippen LogP contribution < -0.4 is 19.5 Å². The van der Waals surface area contributed by atoms with Crippen molar-refractivity contribution in [1.82, 2.24) is 5.32 Å². The second kappa shape index (κ2) is 9.54. The van der Waals surface area contributed by atoms with Gasteiger partial charge >= 0.3 is 0 Å². The van der Waals surface area contributed by atoms with Gasteiger partial charge in [0, 0.05) is 6.54 Å². The smallest absolute Gasteiger partial charge is 0.179 e. The molecule has 0 radical (unpaired) electrons. The van der Waals surface area contributed by atoms with Gasteiger partial charge in [-0.15, -0.1) is 0 Å². The first-order valence-electron chi connectivity index (χ1n) is 8.47. The van der Waals surface area contributed by atoms with E-state index in [1.165, 1.54) is 11.1 Å². The van der Waals surface area contributed by atoms with Gasteiger partial charge in [0.15, 0.2) is 11.5 Å². The van der Waals surface area contributed by atoms with E-state index < -0.39 is 0 Å². The van der Waals surface area contributed by atoms with Crippen molar-refractivity contribution in [2.24, 2.45) is 0 Å². The van der Waals surface area contributed by atoms with Crippen LogP contribution in [0, 0.1) is 13.8 Å². The summed E-state index contributed by atoms with van der Waals surface area (Å²) in [6, 6.07) is 9.98. The fraction of sp³-hybridized carbons (Fsp3) is 0.400. The van der Waals surface area contributed by atoms with E-state index in [-0.39, 0.29) is 0 Å². The van der Waals surface area contributed by atoms with Crippen molar-refractivity contribution in [1.29, 1.82) is 0 Å². The van der Waals surface area contributed by atoms with Crippen molar-refractivity contribution in [2.45, 2.75) is 27.3 Å². The zero-order valence-corrected chi connectivity index (χ0v) is 16.1. The lowest BCUT2D eigenvalue weighted by Gasteiger charge is -2.16. The lowest BCUT2D eigenvalue weighted by Crippen LogP contribution is -2.11. The van der Waals surface area contributed by atoms with Crippen molar-refractivity contribution >= 4 is 11.6 Å². The van der Waals surface area contributed by atoms with E-state index in [0.717, 1.165) is 17.9 Å². The van der Waals surface area contributed by atoms with Crippen LogP contribution in [0.2, 0.25) is 5.02 Å². The minimum Gasteiger partial charge on any atom is -0.490 e. The largest absolute Gasteiger partial charge is 0.490 e. The second-order valence-corrected chi connectivity index (χ2v) is 6.30. The van der Waals surface area contributed by atoms with Crippen LogP contribution in [0.3, 0.4) is 0 Å². The van der Waals surface area contributed by atoms with Gasteiger partial charge in [-0.2, -0.15) is 0 Å². The molecule has 0 aromatic heterocycles. The maximum atomic E-state index is 6.37. The number of hydrogen-bond acceptors (Lipinski definition) is 4. The number of nitrogens with one attached hydrogen (secondary N) is 1. The van der Waals surface area contributed by atoms with Crippen LogP contribution in [0.4, 0.5) is 0 Å². The maximum absolute atomic E-state index is 6.37. The predicted molar refractivity (Wildman–Crippen MR) is 102 cm³/mol. The average Bonchev–Trinajstić information content (AvgIpc) is 2.53. The number of hydrogen-bond donors (Lipinski definition) is 1. The molecular weight excluding hydrogens is 338 g/mol. The van der Waals surface area contributed by atoms with E-state index in [1.807, 2.05) is 38.2 Å². The van der Waals surface area contributed by atoms with Gasteiger partial charge in [-0.05, 0) is 68.8 Å². The Labute approximate surface area is 155 Å². The van der Waals surface area contributed by atoms with Crippen LogP contribution >= 0.6 is 11.6 Å². The zero-order chi connectivity index (χ0) is 18.2. The fourth-order valence-corrected chi connectivity index (χ4v) is 2.94. The molecule has 0 aliphatic carbocycles. The van der Waals surface area contributed by atoms with Crippen molar-refractivity contribution in [3.63, 3.8) is 0 Å². The minimum absolute atomic E-state index is 0.387. The lowest BCUT2D eigenvalue weighted by molar-refractivity contribution is 0.208. The summed E-state index contributed by atoms with van der Waals surface area (Å²) in [5.74, 6) is 2.07. The van der Waals surface area contributed by atoms with Crippen molar-refractivity contribution in [2.75, 3.05) is 26.9 Å². The number of aryl methyl sites for hydroxylation is 2. The van der Waals surface area contributed by atoms with Gasteiger partial charge in [-0.3, -0.25) is 0 Å². The molecule has 0 amide bonds. The SMILES string of the molecule is CCOc1cc(CNC)cc(Cl)c1OCCOc1cc(C)cc(C)c1. The van der Waals surface area contributed by atoms with Gasteiger partial charge in [0.1, 0.15) is 19.0 Å². The second-order valence-electron chi connectivity index (χ2n) is 5.89. The number of benzene rings is 2. The molecule has 2 aromatic rings. The first-order chi connectivity index (χ1) is 12.0. The van der Waals surface area contributed by atoms with Crippen molar-refractivity contribution in [3.8, 4) is 17.2 Å². The number of rotatable bonds is 9. The Kier molecular flexibility index (Phi) is 7.41. The maximum Gasteiger partial charge on any atom is 0.179 e. The summed E-state index contributed by atoms with van der Waals surface area (Å²) in [7, 11) is 1.89. The highest BCUT2D eigenvalue weighted by atomic mass is 35.5. The average molecular weight is 364 g/mol. The van der Waals surface area contributed by atoms with Gasteiger partial charge in [-0.25, -0.2) is 0 Å². The summed E-state index contributed by atoms with van der Waals surface area (Å²) < 4.78 is 17.3. The molecular formula is C20H26ClNO3. The van der Waals surface area contributed by atoms with Gasteiger partial charge < -0.3 is 19.5 Å². The summed E-state index contributed by atoms with van der Waals surface area (Å²) in [5.41, 5.74) is 3.41. The highest BCUT2D eigenvalue weighted by Crippen LogP contribution is 2.36. The molecule has 0 fully saturated rings. The number of ether oxygens (including phenoxy) is 3. The van der Waals surface area contributed by atoms with Gasteiger partial charge in [0.25, 0.3) is 0 Å². The third-order valence-electron chi connectivity index (χ3n) is 3.54. The summed E-state index contributed by atoms with van der Waals surface area (Å²) >= 11 is 6.37. The highest BCUT2D eigenvalue weighted by Gasteiger charge is 2.12. The zero-order valence-electron chi connectivity index (χ0n) is 15.3. The molecule has 0 aliphatic rings. The molecule has 0 unspecified atom stereocenters. The van der Waals surface area contributed by atoms with Crippen LogP contribution in [-0.2, 0) is 6.54 Å². The van der Waals surface area contributed by atoms with E-state index in [1.54, 1.807) is 0 Å². The molecule has 0 bridgehead atoms. The third-order valence-corrected chi connectivity index (χ3v) is 3.82. The summed E-state index contributed by atoms with van der Waals surface area (Å²) in [6.45, 7) is 8.13. The Hall–Kier alpha value is -1.91. The quantitative estimate of drug-likeness (QED) is 0.664. The Morgan fingerprint density at radius 1 is 0.920 bits per heavy atom. The molecule has 136 valence electrons. The standard InChI is InChI=1S/C20H26ClNO3/c1-5-23-19-12-16(13-22-4)11-18(21)20(19)25-7-6-24-17-9-14(2)8-15(3)10-17/h8-12,22H,5-7,13H2,1-4H3. The van der Waals surface area contributed by atoms with Gasteiger partial charge in [0.2, 0.25) is 0 Å². The van der Waals surface area contributed by atoms with Crippen molar-refractivity contribution in [3.05, 3.63) is 52.0 Å². The van der Waals surface area contributed by atoms with E-state index in [4.69, 9.17) is 25.8 Å². The topological polar surface area (TPSA) is 39.7 Å². The van der Waals surface area contributed by atoms with Crippen molar-refractivity contribution < 1.29 is 14.2 Å². The van der Waals surface area contributed by atoms with Crippen LogP contribution in [-0.4, -0.2) is 26.9 Å². The molecule has 2 aromatic carbocycles. The van der Waals surface area contributed by atoms with E-state index in [9.17, 15) is 0 Å². The lowest BCUT2D eigenvalue weighted by atomic mass is 10.1. The molecule has 0 aliphatic heterocycles. The molecule has 0 saturated heterocycles. The fourth-order valence-electron chi connectivity index (χ4n) is 2.65. The Morgan fingerprint density at radius 2 is 1.60 bits per heavy atom. The minimum atomic E-state index is 0.387. The van der Waals surface area contributed by atoms with Gasteiger partial charge in [0.05, 0.1) is 11.6 Å². The van der Waals surface area contributed by atoms with Crippen LogP contribution in [0.15, 0.2) is 30.3 Å². The van der Waals surface area contributed by atoms with Crippen LogP contribution in [0.5, 0.6) is 17.2 Å². The van der Waals surface area contributed by atoms with Crippen LogP contribution in [0.25, 0.3) is 0 Å². The third kappa shape index (κ3) is 5.83. The monoisotopic (exact) mass is 363 g/mol. The first kappa shape index (κ1) is 19.4. The molecule has 0 spiro atoms. The first-order valence-corrected chi connectivity index (χ1v) is 8.85. The molecule has 4 nitrogen and oxygen atoms in total. The molecule has 5 heteroatoms. The molecule has 0 saturated carbocycles. The summed E-state index contributed by atoms with van der Waals surface area (Å²) in [5, 5.41) is 3.65. The predicted octanol–water partition coefficient (Wildman–Crippen LogP) is 4.53. The molecule has 1 N–H and O–H groups in total. The molecule has 0 heterocycles. The molecule has 2 rings (SSSR count). The summed E-state index contributed by atoms with van der Waals surface area (Å²) in [4.78, 5) is 0. The van der Waals surface area contributed by atoms with E-state index in [2.05, 4.69) is 25.2 Å². The normalized spacial score (nSPS) is 10.6. The highest BCUT2D eigenvalue weighted by molar-refractivity contribution is 6.32. The summed E-state index contributed by atoms with van der Waals surface area (Å²) in [6.07, 6.45) is 0. The Morgan fingerprint density at radius 3 is 2.24 bits per heavy atom. The van der Waals surface area contributed by atoms with E-state index >= 15 is 0 Å². The number of halogens is 1.